The normalized spacial score (nSPS) is 17.1. The summed E-state index contributed by atoms with van der Waals surface area (Å²) in [6.07, 6.45) is 4.53. The topological polar surface area (TPSA) is 50.3 Å². The van der Waals surface area contributed by atoms with Gasteiger partial charge in [0.15, 0.2) is 0 Å². The summed E-state index contributed by atoms with van der Waals surface area (Å²) in [5.41, 5.74) is 0.733. The molecular weight excluding hydrogens is 292 g/mol. The predicted molar refractivity (Wildman–Crippen MR) is 84.0 cm³/mol. The van der Waals surface area contributed by atoms with Gasteiger partial charge in [0.1, 0.15) is 10.1 Å². The standard InChI is InChI=1S/C14H14N2O2S2/c1-10(17)5-4-8-16-13(18)12(20-14(16)19)9-11-6-2-3-7-15-11/h2-3,6-7,9H,4-5,8H2,1H3/b12-9-. The van der Waals surface area contributed by atoms with Gasteiger partial charge in [0, 0.05) is 19.2 Å². The van der Waals surface area contributed by atoms with Gasteiger partial charge in [0.05, 0.1) is 10.6 Å². The van der Waals surface area contributed by atoms with Crippen LogP contribution in [0, 0.1) is 0 Å². The molecule has 1 aliphatic heterocycles. The van der Waals surface area contributed by atoms with Crippen molar-refractivity contribution < 1.29 is 9.59 Å². The lowest BCUT2D eigenvalue weighted by atomic mass is 10.2. The second kappa shape index (κ2) is 6.76. The Morgan fingerprint density at radius 3 is 2.95 bits per heavy atom. The van der Waals surface area contributed by atoms with E-state index >= 15 is 0 Å². The lowest BCUT2D eigenvalue weighted by Gasteiger charge is -2.13. The smallest absolute Gasteiger partial charge is 0.266 e. The minimum atomic E-state index is -0.103. The van der Waals surface area contributed by atoms with Crippen molar-refractivity contribution in [3.8, 4) is 0 Å². The Hall–Kier alpha value is -1.53. The number of aromatic nitrogens is 1. The van der Waals surface area contributed by atoms with Crippen LogP contribution in [0.5, 0.6) is 0 Å². The number of hydrogen-bond donors (Lipinski definition) is 0. The number of Topliss-reactive ketones (excluding diaryl/α,β-unsaturated/α-hetero) is 1. The van der Waals surface area contributed by atoms with Crippen LogP contribution < -0.4 is 0 Å². The molecular formula is C14H14N2O2S2. The van der Waals surface area contributed by atoms with E-state index in [1.54, 1.807) is 24.1 Å². The van der Waals surface area contributed by atoms with Crippen LogP contribution in [0.25, 0.3) is 6.08 Å². The van der Waals surface area contributed by atoms with Crippen LogP contribution in [-0.2, 0) is 9.59 Å². The Kier molecular flexibility index (Phi) is 5.03. The van der Waals surface area contributed by atoms with Crippen LogP contribution in [0.4, 0.5) is 0 Å². The SMILES string of the molecule is CC(=O)CCCN1C(=O)/C(=C/c2ccccn2)SC1=S. The lowest BCUT2D eigenvalue weighted by molar-refractivity contribution is -0.123. The van der Waals surface area contributed by atoms with Crippen LogP contribution in [0.15, 0.2) is 29.3 Å². The Bertz CT molecular complexity index is 570. The fourth-order valence-electron chi connectivity index (χ4n) is 1.77. The maximum atomic E-state index is 12.2. The number of thiocarbonyl (C=S) groups is 1. The molecule has 6 heteroatoms. The third kappa shape index (κ3) is 3.74. The number of hydrogen-bond acceptors (Lipinski definition) is 5. The van der Waals surface area contributed by atoms with Crippen molar-refractivity contribution in [1.82, 2.24) is 9.88 Å². The maximum Gasteiger partial charge on any atom is 0.266 e. The van der Waals surface area contributed by atoms with Gasteiger partial charge in [-0.15, -0.1) is 0 Å². The molecule has 1 aliphatic rings. The van der Waals surface area contributed by atoms with Crippen LogP contribution in [0.1, 0.15) is 25.5 Å². The molecule has 0 aliphatic carbocycles. The van der Waals surface area contributed by atoms with E-state index < -0.39 is 0 Å². The summed E-state index contributed by atoms with van der Waals surface area (Å²) in [5.74, 6) is 0.0219. The quantitative estimate of drug-likeness (QED) is 0.618. The summed E-state index contributed by atoms with van der Waals surface area (Å²) in [4.78, 5) is 29.5. The largest absolute Gasteiger partial charge is 0.300 e. The first-order valence-electron chi connectivity index (χ1n) is 6.24. The molecule has 1 amide bonds. The summed E-state index contributed by atoms with van der Waals surface area (Å²) in [5, 5.41) is 0. The van der Waals surface area contributed by atoms with Crippen LogP contribution in [0.2, 0.25) is 0 Å². The predicted octanol–water partition coefficient (Wildman–Crippen LogP) is 2.65. The highest BCUT2D eigenvalue weighted by Crippen LogP contribution is 2.32. The van der Waals surface area contributed by atoms with Crippen molar-refractivity contribution in [3.63, 3.8) is 0 Å². The first-order valence-corrected chi connectivity index (χ1v) is 7.46. The number of rotatable bonds is 5. The van der Waals surface area contributed by atoms with E-state index in [1.165, 1.54) is 11.8 Å². The van der Waals surface area contributed by atoms with Gasteiger partial charge in [0.25, 0.3) is 5.91 Å². The molecule has 0 atom stereocenters. The van der Waals surface area contributed by atoms with Crippen molar-refractivity contribution in [2.24, 2.45) is 0 Å². The first-order chi connectivity index (χ1) is 9.58. The Morgan fingerprint density at radius 2 is 2.30 bits per heavy atom. The van der Waals surface area contributed by atoms with Gasteiger partial charge in [-0.1, -0.05) is 30.0 Å². The van der Waals surface area contributed by atoms with Gasteiger partial charge in [-0.3, -0.25) is 14.7 Å². The summed E-state index contributed by atoms with van der Waals surface area (Å²) in [6, 6.07) is 5.53. The second-order valence-corrected chi connectivity index (χ2v) is 6.07. The van der Waals surface area contributed by atoms with E-state index in [-0.39, 0.29) is 11.7 Å². The van der Waals surface area contributed by atoms with Crippen LogP contribution >= 0.6 is 24.0 Å². The highest BCUT2D eigenvalue weighted by Gasteiger charge is 2.31. The van der Waals surface area contributed by atoms with E-state index in [2.05, 4.69) is 4.98 Å². The van der Waals surface area contributed by atoms with Crippen molar-refractivity contribution in [1.29, 1.82) is 0 Å². The molecule has 1 aromatic heterocycles. The van der Waals surface area contributed by atoms with Gasteiger partial charge in [-0.2, -0.15) is 0 Å². The number of ketones is 1. The molecule has 4 nitrogen and oxygen atoms in total. The molecule has 0 bridgehead atoms. The number of nitrogens with zero attached hydrogens (tertiary/aromatic N) is 2. The molecule has 0 N–H and O–H groups in total. The molecule has 2 heterocycles. The molecule has 0 spiro atoms. The zero-order chi connectivity index (χ0) is 14.5. The van der Waals surface area contributed by atoms with Crippen molar-refractivity contribution in [2.45, 2.75) is 19.8 Å². The monoisotopic (exact) mass is 306 g/mol. The zero-order valence-electron chi connectivity index (χ0n) is 11.0. The Labute approximate surface area is 127 Å². The minimum Gasteiger partial charge on any atom is -0.300 e. The van der Waals surface area contributed by atoms with Gasteiger partial charge >= 0.3 is 0 Å². The van der Waals surface area contributed by atoms with E-state index in [4.69, 9.17) is 12.2 Å². The summed E-state index contributed by atoms with van der Waals surface area (Å²) >= 11 is 6.49. The fourth-order valence-corrected chi connectivity index (χ4v) is 3.07. The summed E-state index contributed by atoms with van der Waals surface area (Å²) in [7, 11) is 0. The van der Waals surface area contributed by atoms with E-state index in [9.17, 15) is 9.59 Å². The Morgan fingerprint density at radius 1 is 1.50 bits per heavy atom. The fraction of sp³-hybridized carbons (Fsp3) is 0.286. The molecule has 0 unspecified atom stereocenters. The van der Waals surface area contributed by atoms with E-state index in [0.29, 0.717) is 28.6 Å². The number of thioether (sulfide) groups is 1. The minimum absolute atomic E-state index is 0.103. The van der Waals surface area contributed by atoms with Gasteiger partial charge in [-0.25, -0.2) is 0 Å². The van der Waals surface area contributed by atoms with E-state index in [0.717, 1.165) is 5.69 Å². The average molecular weight is 306 g/mol. The summed E-state index contributed by atoms with van der Waals surface area (Å²) in [6.45, 7) is 2.04. The van der Waals surface area contributed by atoms with Crippen molar-refractivity contribution in [3.05, 3.63) is 35.0 Å². The molecule has 1 fully saturated rings. The van der Waals surface area contributed by atoms with Gasteiger partial charge in [-0.05, 0) is 31.6 Å². The highest BCUT2D eigenvalue weighted by molar-refractivity contribution is 8.26. The molecule has 20 heavy (non-hydrogen) atoms. The average Bonchev–Trinajstić information content (AvgIpc) is 2.67. The zero-order valence-corrected chi connectivity index (χ0v) is 12.7. The number of pyridine rings is 1. The van der Waals surface area contributed by atoms with Gasteiger partial charge < -0.3 is 4.79 Å². The lowest BCUT2D eigenvalue weighted by Crippen LogP contribution is -2.29. The van der Waals surface area contributed by atoms with Crippen molar-refractivity contribution >= 4 is 46.1 Å². The molecule has 1 saturated heterocycles. The Balaban J connectivity index is 2.05. The maximum absolute atomic E-state index is 12.2. The number of amides is 1. The molecule has 1 aromatic rings. The third-order valence-corrected chi connectivity index (χ3v) is 4.13. The highest BCUT2D eigenvalue weighted by atomic mass is 32.2. The van der Waals surface area contributed by atoms with Crippen LogP contribution in [-0.4, -0.2) is 32.4 Å². The summed E-state index contributed by atoms with van der Waals surface area (Å²) < 4.78 is 0.542. The molecule has 0 radical (unpaired) electrons. The first kappa shape index (κ1) is 14.9. The molecule has 2 rings (SSSR count). The third-order valence-electron chi connectivity index (χ3n) is 2.75. The number of carbonyl (C=O) groups is 2. The van der Waals surface area contributed by atoms with E-state index in [1.807, 2.05) is 18.2 Å². The van der Waals surface area contributed by atoms with Gasteiger partial charge in [0.2, 0.25) is 0 Å². The van der Waals surface area contributed by atoms with Crippen LogP contribution in [0.3, 0.4) is 0 Å². The number of carbonyl (C=O) groups excluding carboxylic acids is 2. The molecule has 0 saturated carbocycles. The molecule has 104 valence electrons. The molecule has 0 aromatic carbocycles. The second-order valence-electron chi connectivity index (χ2n) is 4.39. The van der Waals surface area contributed by atoms with Crippen molar-refractivity contribution in [2.75, 3.05) is 6.54 Å².